The number of benzene rings is 3. The molecule has 0 unspecified atom stereocenters. The molecule has 48 heavy (non-hydrogen) atoms. The van der Waals surface area contributed by atoms with Crippen molar-refractivity contribution in [2.24, 2.45) is 0 Å². The number of carbonyl (C=O) groups excluding carboxylic acids is 1. The van der Waals surface area contributed by atoms with Crippen molar-refractivity contribution in [1.82, 2.24) is 19.4 Å². The molecule has 2 saturated heterocycles. The van der Waals surface area contributed by atoms with Crippen molar-refractivity contribution in [1.29, 1.82) is 10.5 Å². The third-order valence-corrected chi connectivity index (χ3v) is 10.6. The highest BCUT2D eigenvalue weighted by molar-refractivity contribution is 6.35. The lowest BCUT2D eigenvalue weighted by Gasteiger charge is -2.39. The zero-order valence-electron chi connectivity index (χ0n) is 27.2. The molecule has 1 amide bonds. The van der Waals surface area contributed by atoms with E-state index in [1.165, 1.54) is 0 Å². The topological polar surface area (TPSA) is 98.2 Å². The summed E-state index contributed by atoms with van der Waals surface area (Å²) < 4.78 is 25.9. The zero-order chi connectivity index (χ0) is 33.7. The second-order valence-corrected chi connectivity index (χ2v) is 13.5. The van der Waals surface area contributed by atoms with E-state index in [1.807, 2.05) is 43.5 Å². The number of hydrogen-bond donors (Lipinski definition) is 0. The number of piperidine rings is 1. The highest BCUT2D eigenvalue weighted by Crippen LogP contribution is 2.44. The van der Waals surface area contributed by atoms with Crippen molar-refractivity contribution in [3.63, 3.8) is 0 Å². The van der Waals surface area contributed by atoms with Gasteiger partial charge >= 0.3 is 0 Å². The lowest BCUT2D eigenvalue weighted by molar-refractivity contribution is -0.132. The van der Waals surface area contributed by atoms with Crippen LogP contribution in [0.25, 0.3) is 43.7 Å². The maximum absolute atomic E-state index is 17.2. The lowest BCUT2D eigenvalue weighted by atomic mass is 9.93. The van der Waals surface area contributed by atoms with Gasteiger partial charge in [-0.25, -0.2) is 9.37 Å². The Hall–Kier alpha value is -4.70. The van der Waals surface area contributed by atoms with Crippen LogP contribution in [-0.2, 0) is 4.79 Å². The summed E-state index contributed by atoms with van der Waals surface area (Å²) in [6, 6.07) is 19.1. The van der Waals surface area contributed by atoms with Crippen molar-refractivity contribution in [3.05, 3.63) is 71.1 Å². The van der Waals surface area contributed by atoms with E-state index in [4.69, 9.17) is 21.3 Å². The molecular formula is C38H36ClFN6O2. The first-order valence-electron chi connectivity index (χ1n) is 16.5. The van der Waals surface area contributed by atoms with Gasteiger partial charge in [-0.2, -0.15) is 10.5 Å². The van der Waals surface area contributed by atoms with Gasteiger partial charge in [0, 0.05) is 54.1 Å². The number of likely N-dealkylation sites (tertiary alicyclic amines) is 2. The highest BCUT2D eigenvalue weighted by Gasteiger charge is 2.33. The molecule has 244 valence electrons. The van der Waals surface area contributed by atoms with Crippen LogP contribution in [0.15, 0.2) is 54.7 Å². The van der Waals surface area contributed by atoms with Gasteiger partial charge in [-0.15, -0.1) is 0 Å². The number of nitrogens with zero attached hydrogens (tertiary/aromatic N) is 6. The van der Waals surface area contributed by atoms with Crippen molar-refractivity contribution < 1.29 is 13.9 Å². The van der Waals surface area contributed by atoms with Gasteiger partial charge in [0.1, 0.15) is 11.6 Å². The zero-order valence-corrected chi connectivity index (χ0v) is 28.0. The van der Waals surface area contributed by atoms with Gasteiger partial charge in [0.25, 0.3) is 0 Å². The maximum Gasteiger partial charge on any atom is 0.223 e. The summed E-state index contributed by atoms with van der Waals surface area (Å²) in [6.45, 7) is 5.09. The first-order chi connectivity index (χ1) is 23.2. The Morgan fingerprint density at radius 3 is 2.65 bits per heavy atom. The number of fused-ring (bicyclic) bond motifs is 4. The van der Waals surface area contributed by atoms with E-state index in [2.05, 4.69) is 28.7 Å². The molecule has 10 heteroatoms. The Bertz CT molecular complexity index is 2160. The summed E-state index contributed by atoms with van der Waals surface area (Å²) in [6.07, 6.45) is 5.36. The van der Waals surface area contributed by atoms with Gasteiger partial charge in [0.05, 0.1) is 40.0 Å². The van der Waals surface area contributed by atoms with Crippen molar-refractivity contribution in [3.8, 4) is 29.1 Å². The monoisotopic (exact) mass is 662 g/mol. The van der Waals surface area contributed by atoms with Gasteiger partial charge in [-0.1, -0.05) is 41.9 Å². The Morgan fingerprint density at radius 1 is 1.15 bits per heavy atom. The average Bonchev–Trinajstić information content (AvgIpc) is 3.72. The van der Waals surface area contributed by atoms with Crippen molar-refractivity contribution in [2.45, 2.75) is 70.2 Å². The van der Waals surface area contributed by atoms with Gasteiger partial charge in [0.15, 0.2) is 5.82 Å². The summed E-state index contributed by atoms with van der Waals surface area (Å²) in [4.78, 5) is 21.3. The van der Waals surface area contributed by atoms with Crippen LogP contribution in [0.4, 0.5) is 4.39 Å². The van der Waals surface area contributed by atoms with Crippen molar-refractivity contribution in [2.75, 3.05) is 20.1 Å². The smallest absolute Gasteiger partial charge is 0.223 e. The lowest BCUT2D eigenvalue weighted by Crippen LogP contribution is -2.45. The van der Waals surface area contributed by atoms with E-state index in [9.17, 15) is 15.3 Å². The predicted molar refractivity (Wildman–Crippen MR) is 185 cm³/mol. The van der Waals surface area contributed by atoms with Crippen LogP contribution < -0.4 is 4.74 Å². The summed E-state index contributed by atoms with van der Waals surface area (Å²) in [5.41, 5.74) is 2.01. The first kappa shape index (κ1) is 31.9. The fraction of sp³-hybridized carbons (Fsp3) is 0.368. The predicted octanol–water partition coefficient (Wildman–Crippen LogP) is 8.00. The second-order valence-electron chi connectivity index (χ2n) is 13.1. The van der Waals surface area contributed by atoms with Crippen LogP contribution in [0.3, 0.4) is 0 Å². The number of pyridine rings is 1. The number of hydrogen-bond acceptors (Lipinski definition) is 6. The molecule has 5 aromatic rings. The number of ether oxygens (including phenoxy) is 1. The number of nitriles is 2. The number of rotatable bonds is 6. The molecule has 7 rings (SSSR count). The van der Waals surface area contributed by atoms with E-state index in [0.717, 1.165) is 35.7 Å². The number of likely N-dealkylation sites (N-methyl/N-ethyl adjacent to an activating group) is 1. The van der Waals surface area contributed by atoms with E-state index >= 15 is 4.39 Å². The van der Waals surface area contributed by atoms with Gasteiger partial charge in [0.2, 0.25) is 11.8 Å². The maximum atomic E-state index is 17.2. The minimum atomic E-state index is -0.586. The minimum Gasteiger partial charge on any atom is -0.472 e. The van der Waals surface area contributed by atoms with Crippen LogP contribution in [0, 0.1) is 28.5 Å². The van der Waals surface area contributed by atoms with E-state index < -0.39 is 5.82 Å². The SMILES string of the molecule is CC(=O)N1CC[C@H](n2ccc3c(O[C@@H](C)[C@@H]4CCCN4C)nc4c(F)c(-c5cccc6cccc(C#N)c56)c(Cl)cc4c32)C[C@H]1CC#N. The standard InChI is InChI=1S/C38H36ClFN6O2/c1-22(32-11-6-16-44(32)3)48-38-29-14-18-46(27-13-17-45(23(2)47)26(19-27)12-15-41)37(29)30-20-31(39)34(35(40)36(30)43-38)28-10-5-8-24-7-4-9-25(21-42)33(24)28/h4-5,7-10,14,18,20,22,26-27,32H,6,11-13,16-17,19H2,1-3H3/t22-,26+,27-,32-/m0/s1. The molecule has 2 aliphatic rings. The summed E-state index contributed by atoms with van der Waals surface area (Å²) in [5, 5.41) is 22.4. The number of aromatic nitrogens is 2. The van der Waals surface area contributed by atoms with Crippen LogP contribution in [0.5, 0.6) is 5.88 Å². The Kier molecular flexibility index (Phi) is 8.45. The number of carbonyl (C=O) groups is 1. The molecule has 0 radical (unpaired) electrons. The Balaban J connectivity index is 1.45. The minimum absolute atomic E-state index is 0.0448. The molecule has 0 bridgehead atoms. The molecule has 4 atom stereocenters. The third kappa shape index (κ3) is 5.32. The van der Waals surface area contributed by atoms with E-state index in [-0.39, 0.29) is 52.7 Å². The molecule has 8 nitrogen and oxygen atoms in total. The van der Waals surface area contributed by atoms with Gasteiger partial charge in [-0.05, 0) is 75.3 Å². The molecule has 2 aromatic heterocycles. The largest absolute Gasteiger partial charge is 0.472 e. The Labute approximate surface area is 283 Å². The summed E-state index contributed by atoms with van der Waals surface area (Å²) in [7, 11) is 2.09. The molecule has 0 N–H and O–H groups in total. The van der Waals surface area contributed by atoms with Crippen LogP contribution in [0.2, 0.25) is 5.02 Å². The first-order valence-corrected chi connectivity index (χ1v) is 16.8. The number of amides is 1. The van der Waals surface area contributed by atoms with Gasteiger partial charge in [-0.3, -0.25) is 9.69 Å². The molecule has 2 fully saturated rings. The van der Waals surface area contributed by atoms with Crippen molar-refractivity contribution >= 4 is 50.1 Å². The summed E-state index contributed by atoms with van der Waals surface area (Å²) >= 11 is 7.01. The average molecular weight is 663 g/mol. The Morgan fingerprint density at radius 2 is 1.94 bits per heavy atom. The van der Waals surface area contributed by atoms with Crippen LogP contribution >= 0.6 is 11.6 Å². The van der Waals surface area contributed by atoms with E-state index in [0.29, 0.717) is 47.2 Å². The molecule has 0 spiro atoms. The molecule has 0 saturated carbocycles. The summed E-state index contributed by atoms with van der Waals surface area (Å²) in [5.74, 6) is -0.283. The quantitative estimate of drug-likeness (QED) is 0.183. The third-order valence-electron chi connectivity index (χ3n) is 10.3. The molecular weight excluding hydrogens is 627 g/mol. The fourth-order valence-corrected chi connectivity index (χ4v) is 8.32. The number of halogens is 2. The van der Waals surface area contributed by atoms with Crippen LogP contribution in [-0.4, -0.2) is 63.6 Å². The molecule has 2 aliphatic heterocycles. The van der Waals surface area contributed by atoms with Crippen LogP contribution in [0.1, 0.15) is 57.6 Å². The highest BCUT2D eigenvalue weighted by atomic mass is 35.5. The fourth-order valence-electron chi connectivity index (χ4n) is 8.03. The van der Waals surface area contributed by atoms with Gasteiger partial charge < -0.3 is 14.2 Å². The second kappa shape index (κ2) is 12.7. The molecule has 4 heterocycles. The molecule has 3 aromatic carbocycles. The normalized spacial score (nSPS) is 20.6. The molecule has 0 aliphatic carbocycles. The van der Waals surface area contributed by atoms with E-state index in [1.54, 1.807) is 30.0 Å².